The second-order valence-corrected chi connectivity index (χ2v) is 5.09. The zero-order valence-corrected chi connectivity index (χ0v) is 12.2. The molecule has 1 aromatic rings. The second kappa shape index (κ2) is 6.28. The van der Waals surface area contributed by atoms with Gasteiger partial charge in [0.05, 0.1) is 17.6 Å². The fourth-order valence-corrected chi connectivity index (χ4v) is 2.30. The topological polar surface area (TPSA) is 93.9 Å². The number of nitro groups is 1. The standard InChI is InChI=1S/C14H20N2O5/c1-3-20-13-8-11(4-5-12(13)16(18)19)15-9-14(17)6-7-21-10(14)2/h4-5,8,10,15,17H,3,6-7,9H2,1-2H3. The van der Waals surface area contributed by atoms with Gasteiger partial charge in [0.25, 0.3) is 0 Å². The van der Waals surface area contributed by atoms with Gasteiger partial charge in [-0.05, 0) is 19.9 Å². The van der Waals surface area contributed by atoms with Crippen molar-refractivity contribution in [2.45, 2.75) is 32.0 Å². The SMILES string of the molecule is CCOc1cc(NCC2(O)CCOC2C)ccc1[N+](=O)[O-]. The quantitative estimate of drug-likeness (QED) is 0.615. The van der Waals surface area contributed by atoms with Crippen molar-refractivity contribution in [3.8, 4) is 5.75 Å². The summed E-state index contributed by atoms with van der Waals surface area (Å²) in [7, 11) is 0. The largest absolute Gasteiger partial charge is 0.487 e. The number of nitrogens with one attached hydrogen (secondary N) is 1. The highest BCUT2D eigenvalue weighted by Gasteiger charge is 2.39. The molecule has 0 aromatic heterocycles. The molecule has 0 bridgehead atoms. The van der Waals surface area contributed by atoms with Crippen LogP contribution in [0.1, 0.15) is 20.3 Å². The summed E-state index contributed by atoms with van der Waals surface area (Å²) in [4.78, 5) is 10.4. The van der Waals surface area contributed by atoms with Crippen molar-refractivity contribution >= 4 is 11.4 Å². The van der Waals surface area contributed by atoms with Crippen molar-refractivity contribution in [3.05, 3.63) is 28.3 Å². The molecular weight excluding hydrogens is 276 g/mol. The van der Waals surface area contributed by atoms with Gasteiger partial charge in [-0.3, -0.25) is 10.1 Å². The van der Waals surface area contributed by atoms with Crippen LogP contribution in [0.5, 0.6) is 5.75 Å². The summed E-state index contributed by atoms with van der Waals surface area (Å²) >= 11 is 0. The fraction of sp³-hybridized carbons (Fsp3) is 0.571. The predicted molar refractivity (Wildman–Crippen MR) is 77.7 cm³/mol. The molecule has 116 valence electrons. The van der Waals surface area contributed by atoms with E-state index < -0.39 is 10.5 Å². The number of hydrogen-bond acceptors (Lipinski definition) is 6. The molecule has 1 fully saturated rings. The molecule has 0 radical (unpaired) electrons. The van der Waals surface area contributed by atoms with E-state index in [0.717, 1.165) is 0 Å². The monoisotopic (exact) mass is 296 g/mol. The summed E-state index contributed by atoms with van der Waals surface area (Å²) in [6.07, 6.45) is 0.321. The Morgan fingerprint density at radius 1 is 1.62 bits per heavy atom. The van der Waals surface area contributed by atoms with E-state index >= 15 is 0 Å². The van der Waals surface area contributed by atoms with Crippen LogP contribution in [-0.2, 0) is 4.74 Å². The summed E-state index contributed by atoms with van der Waals surface area (Å²) in [5, 5.41) is 24.4. The van der Waals surface area contributed by atoms with Crippen molar-refractivity contribution in [1.82, 2.24) is 0 Å². The van der Waals surface area contributed by atoms with Gasteiger partial charge < -0.3 is 19.9 Å². The molecule has 1 aliphatic rings. The number of aliphatic hydroxyl groups is 1. The molecule has 21 heavy (non-hydrogen) atoms. The normalized spacial score (nSPS) is 24.8. The Balaban J connectivity index is 2.10. The lowest BCUT2D eigenvalue weighted by atomic mass is 9.96. The minimum Gasteiger partial charge on any atom is -0.487 e. The Labute approximate surface area is 123 Å². The summed E-state index contributed by atoms with van der Waals surface area (Å²) in [6.45, 7) is 4.79. The molecule has 0 saturated carbocycles. The van der Waals surface area contributed by atoms with Crippen molar-refractivity contribution in [2.75, 3.05) is 25.1 Å². The minimum atomic E-state index is -0.923. The summed E-state index contributed by atoms with van der Waals surface area (Å²) in [5.74, 6) is 0.218. The predicted octanol–water partition coefficient (Wildman–Crippen LogP) is 1.95. The highest BCUT2D eigenvalue weighted by atomic mass is 16.6. The summed E-state index contributed by atoms with van der Waals surface area (Å²) in [6, 6.07) is 4.57. The van der Waals surface area contributed by atoms with Gasteiger partial charge in [0.15, 0.2) is 5.75 Å². The zero-order chi connectivity index (χ0) is 15.5. The molecule has 2 unspecified atom stereocenters. The molecule has 0 aliphatic carbocycles. The van der Waals surface area contributed by atoms with E-state index in [1.165, 1.54) is 6.07 Å². The van der Waals surface area contributed by atoms with Crippen molar-refractivity contribution < 1.29 is 19.5 Å². The van der Waals surface area contributed by atoms with Gasteiger partial charge in [-0.1, -0.05) is 0 Å². The van der Waals surface area contributed by atoms with Crippen LogP contribution in [0.3, 0.4) is 0 Å². The number of benzene rings is 1. The lowest BCUT2D eigenvalue weighted by molar-refractivity contribution is -0.385. The number of nitro benzene ring substituents is 1. The van der Waals surface area contributed by atoms with Gasteiger partial charge in [0, 0.05) is 37.4 Å². The van der Waals surface area contributed by atoms with Crippen LogP contribution in [-0.4, -0.2) is 41.5 Å². The number of hydrogen-bond donors (Lipinski definition) is 2. The molecule has 1 saturated heterocycles. The van der Waals surface area contributed by atoms with Crippen molar-refractivity contribution in [1.29, 1.82) is 0 Å². The van der Waals surface area contributed by atoms with E-state index in [-0.39, 0.29) is 17.5 Å². The Kier molecular flexibility index (Phi) is 4.64. The maximum atomic E-state index is 10.9. The first kappa shape index (κ1) is 15.5. The van der Waals surface area contributed by atoms with Gasteiger partial charge in [-0.25, -0.2) is 0 Å². The van der Waals surface area contributed by atoms with E-state index in [1.54, 1.807) is 19.1 Å². The first-order valence-electron chi connectivity index (χ1n) is 6.95. The lowest BCUT2D eigenvalue weighted by Crippen LogP contribution is -2.43. The van der Waals surface area contributed by atoms with Crippen LogP contribution >= 0.6 is 0 Å². The van der Waals surface area contributed by atoms with Gasteiger partial charge in [-0.15, -0.1) is 0 Å². The highest BCUT2D eigenvalue weighted by Crippen LogP contribution is 2.31. The van der Waals surface area contributed by atoms with Crippen LogP contribution in [0, 0.1) is 10.1 Å². The summed E-state index contributed by atoms with van der Waals surface area (Å²) < 4.78 is 10.7. The Bertz CT molecular complexity index is 522. The van der Waals surface area contributed by atoms with Gasteiger partial charge in [0.2, 0.25) is 0 Å². The molecule has 2 rings (SSSR count). The molecule has 2 N–H and O–H groups in total. The Morgan fingerprint density at radius 2 is 2.38 bits per heavy atom. The molecule has 7 nitrogen and oxygen atoms in total. The number of anilines is 1. The van der Waals surface area contributed by atoms with Crippen LogP contribution in [0.2, 0.25) is 0 Å². The van der Waals surface area contributed by atoms with E-state index in [4.69, 9.17) is 9.47 Å². The molecule has 2 atom stereocenters. The number of nitrogens with zero attached hydrogens (tertiary/aromatic N) is 1. The van der Waals surface area contributed by atoms with Gasteiger partial charge in [-0.2, -0.15) is 0 Å². The first-order chi connectivity index (χ1) is 9.96. The third-order valence-electron chi connectivity index (χ3n) is 3.71. The van der Waals surface area contributed by atoms with E-state index in [1.807, 2.05) is 6.92 Å². The molecule has 0 spiro atoms. The third kappa shape index (κ3) is 3.43. The molecule has 1 heterocycles. The first-order valence-corrected chi connectivity index (χ1v) is 6.95. The van der Waals surface area contributed by atoms with Crippen LogP contribution in [0.4, 0.5) is 11.4 Å². The maximum absolute atomic E-state index is 10.9. The van der Waals surface area contributed by atoms with E-state index in [0.29, 0.717) is 31.9 Å². The second-order valence-electron chi connectivity index (χ2n) is 5.09. The van der Waals surface area contributed by atoms with Crippen molar-refractivity contribution in [2.24, 2.45) is 0 Å². The lowest BCUT2D eigenvalue weighted by Gasteiger charge is -2.26. The molecule has 1 aromatic carbocycles. The van der Waals surface area contributed by atoms with Gasteiger partial charge >= 0.3 is 5.69 Å². The highest BCUT2D eigenvalue weighted by molar-refractivity contribution is 5.58. The molecule has 7 heteroatoms. The van der Waals surface area contributed by atoms with Crippen LogP contribution in [0.15, 0.2) is 18.2 Å². The number of rotatable bonds is 6. The summed E-state index contributed by atoms with van der Waals surface area (Å²) in [5.41, 5.74) is -0.330. The average Bonchev–Trinajstić information content (AvgIpc) is 2.77. The Morgan fingerprint density at radius 3 is 2.95 bits per heavy atom. The maximum Gasteiger partial charge on any atom is 0.311 e. The van der Waals surface area contributed by atoms with E-state index in [2.05, 4.69) is 5.32 Å². The number of ether oxygens (including phenoxy) is 2. The molecule has 1 aliphatic heterocycles. The third-order valence-corrected chi connectivity index (χ3v) is 3.71. The molecular formula is C14H20N2O5. The average molecular weight is 296 g/mol. The van der Waals surface area contributed by atoms with Crippen LogP contribution in [0.25, 0.3) is 0 Å². The zero-order valence-electron chi connectivity index (χ0n) is 12.2. The fourth-order valence-electron chi connectivity index (χ4n) is 2.30. The van der Waals surface area contributed by atoms with Crippen LogP contribution < -0.4 is 10.1 Å². The molecule has 0 amide bonds. The minimum absolute atomic E-state index is 0.0707. The Hall–Kier alpha value is -1.86. The van der Waals surface area contributed by atoms with E-state index in [9.17, 15) is 15.2 Å². The van der Waals surface area contributed by atoms with Gasteiger partial charge in [0.1, 0.15) is 5.60 Å². The van der Waals surface area contributed by atoms with Crippen molar-refractivity contribution in [3.63, 3.8) is 0 Å². The smallest absolute Gasteiger partial charge is 0.311 e.